The van der Waals surface area contributed by atoms with Crippen molar-refractivity contribution in [1.82, 2.24) is 14.5 Å². The van der Waals surface area contributed by atoms with Crippen LogP contribution in [0.3, 0.4) is 0 Å². The van der Waals surface area contributed by atoms with Gasteiger partial charge in [-0.2, -0.15) is 0 Å². The van der Waals surface area contributed by atoms with Gasteiger partial charge in [-0.05, 0) is 32.0 Å². The van der Waals surface area contributed by atoms with Gasteiger partial charge in [0.25, 0.3) is 0 Å². The molecular formula is C16H21N3. The highest BCUT2D eigenvalue weighted by Gasteiger charge is 2.12. The molecule has 19 heavy (non-hydrogen) atoms. The molecule has 0 saturated heterocycles. The highest BCUT2D eigenvalue weighted by Crippen LogP contribution is 2.29. The van der Waals surface area contributed by atoms with Crippen LogP contribution in [-0.4, -0.2) is 14.5 Å². The quantitative estimate of drug-likeness (QED) is 0.637. The lowest BCUT2D eigenvalue weighted by atomic mass is 10.2. The Morgan fingerprint density at radius 3 is 2.53 bits per heavy atom. The molecule has 0 saturated carbocycles. The highest BCUT2D eigenvalue weighted by atomic mass is 15.1. The molecule has 0 N–H and O–H groups in total. The maximum Gasteiger partial charge on any atom is 0.141 e. The summed E-state index contributed by atoms with van der Waals surface area (Å²) >= 11 is 0. The van der Waals surface area contributed by atoms with Gasteiger partial charge in [0, 0.05) is 35.4 Å². The zero-order valence-electron chi connectivity index (χ0n) is 12.1. The van der Waals surface area contributed by atoms with Gasteiger partial charge in [-0.1, -0.05) is 20.3 Å². The van der Waals surface area contributed by atoms with Crippen LogP contribution in [-0.2, 0) is 0 Å². The third-order valence-corrected chi connectivity index (χ3v) is 2.88. The van der Waals surface area contributed by atoms with Crippen LogP contribution in [0.2, 0.25) is 0 Å². The molecule has 0 atom stereocenters. The van der Waals surface area contributed by atoms with E-state index in [4.69, 9.17) is 0 Å². The number of nitrogens with zero attached hydrogens (tertiary/aromatic N) is 3. The second kappa shape index (κ2) is 5.83. The van der Waals surface area contributed by atoms with Gasteiger partial charge in [-0.15, -0.1) is 0 Å². The van der Waals surface area contributed by atoms with Crippen molar-refractivity contribution in [3.05, 3.63) is 36.8 Å². The number of rotatable bonds is 1. The van der Waals surface area contributed by atoms with E-state index in [1.807, 2.05) is 24.7 Å². The Balaban J connectivity index is 0.000000408. The van der Waals surface area contributed by atoms with E-state index in [9.17, 15) is 0 Å². The van der Waals surface area contributed by atoms with Crippen molar-refractivity contribution in [3.8, 4) is 0 Å². The van der Waals surface area contributed by atoms with Crippen molar-refractivity contribution >= 4 is 21.9 Å². The van der Waals surface area contributed by atoms with E-state index < -0.39 is 0 Å². The van der Waals surface area contributed by atoms with Crippen molar-refractivity contribution in [2.45, 2.75) is 40.2 Å². The van der Waals surface area contributed by atoms with Crippen molar-refractivity contribution in [1.29, 1.82) is 0 Å². The van der Waals surface area contributed by atoms with E-state index in [1.54, 1.807) is 0 Å². The molecule has 0 fully saturated rings. The van der Waals surface area contributed by atoms with Crippen molar-refractivity contribution < 1.29 is 0 Å². The Morgan fingerprint density at radius 1 is 1.11 bits per heavy atom. The summed E-state index contributed by atoms with van der Waals surface area (Å²) in [5, 5.41) is 2.36. The summed E-state index contributed by atoms with van der Waals surface area (Å²) in [6.07, 6.45) is 6.84. The van der Waals surface area contributed by atoms with Gasteiger partial charge in [0.05, 0.1) is 5.52 Å². The molecule has 3 heteroatoms. The van der Waals surface area contributed by atoms with Crippen LogP contribution in [0.15, 0.2) is 36.8 Å². The summed E-state index contributed by atoms with van der Waals surface area (Å²) in [6, 6.07) is 6.53. The van der Waals surface area contributed by atoms with E-state index in [0.29, 0.717) is 6.04 Å². The first-order valence-corrected chi connectivity index (χ1v) is 6.89. The number of hydrogen-bond acceptors (Lipinski definition) is 2. The van der Waals surface area contributed by atoms with Gasteiger partial charge >= 0.3 is 0 Å². The molecule has 0 aliphatic carbocycles. The fraction of sp³-hybridized carbons (Fsp3) is 0.375. The Hall–Kier alpha value is -1.90. The number of aromatic nitrogens is 3. The molecule has 0 radical (unpaired) electrons. The molecule has 3 nitrogen and oxygen atoms in total. The highest BCUT2D eigenvalue weighted by molar-refractivity contribution is 6.06. The standard InChI is InChI=1S/C13H13N3.C3H8/c1-9(2)16-12-5-7-14-8-11(12)10-4-3-6-15-13(10)16;1-3-2/h3-9H,1-2H3;3H2,1-2H3. The summed E-state index contributed by atoms with van der Waals surface area (Å²) in [6.45, 7) is 8.60. The molecule has 0 aliphatic heterocycles. The molecular weight excluding hydrogens is 234 g/mol. The topological polar surface area (TPSA) is 30.7 Å². The average Bonchev–Trinajstić information content (AvgIpc) is 2.74. The molecule has 3 aromatic heterocycles. The minimum Gasteiger partial charge on any atom is -0.323 e. The molecule has 3 rings (SSSR count). The summed E-state index contributed by atoms with van der Waals surface area (Å²) in [4.78, 5) is 8.67. The smallest absolute Gasteiger partial charge is 0.141 e. The molecule has 0 bridgehead atoms. The van der Waals surface area contributed by atoms with E-state index in [-0.39, 0.29) is 0 Å². The van der Waals surface area contributed by atoms with Crippen molar-refractivity contribution in [2.24, 2.45) is 0 Å². The van der Waals surface area contributed by atoms with Gasteiger partial charge in [0.2, 0.25) is 0 Å². The summed E-state index contributed by atoms with van der Waals surface area (Å²) in [5.41, 5.74) is 2.25. The average molecular weight is 255 g/mol. The monoisotopic (exact) mass is 255 g/mol. The van der Waals surface area contributed by atoms with E-state index in [2.05, 4.69) is 54.4 Å². The third-order valence-electron chi connectivity index (χ3n) is 2.88. The maximum absolute atomic E-state index is 4.47. The fourth-order valence-corrected chi connectivity index (χ4v) is 2.24. The molecule has 0 aliphatic rings. The largest absolute Gasteiger partial charge is 0.323 e. The zero-order valence-corrected chi connectivity index (χ0v) is 12.1. The van der Waals surface area contributed by atoms with Crippen LogP contribution in [0.4, 0.5) is 0 Å². The summed E-state index contributed by atoms with van der Waals surface area (Å²) in [5.74, 6) is 0. The molecule has 0 aromatic carbocycles. The normalized spacial score (nSPS) is 10.8. The van der Waals surface area contributed by atoms with Gasteiger partial charge in [-0.25, -0.2) is 4.98 Å². The number of fused-ring (bicyclic) bond motifs is 3. The van der Waals surface area contributed by atoms with Crippen molar-refractivity contribution in [2.75, 3.05) is 0 Å². The summed E-state index contributed by atoms with van der Waals surface area (Å²) in [7, 11) is 0. The molecule has 3 heterocycles. The number of pyridine rings is 2. The van der Waals surface area contributed by atoms with Gasteiger partial charge in [-0.3, -0.25) is 4.98 Å². The maximum atomic E-state index is 4.47. The number of hydrogen-bond donors (Lipinski definition) is 0. The second-order valence-corrected chi connectivity index (χ2v) is 4.94. The van der Waals surface area contributed by atoms with Gasteiger partial charge in [0.1, 0.15) is 5.65 Å². The van der Waals surface area contributed by atoms with Crippen LogP contribution in [0.1, 0.15) is 40.2 Å². The Kier molecular flexibility index (Phi) is 4.15. The fourth-order valence-electron chi connectivity index (χ4n) is 2.24. The molecule has 0 spiro atoms. The van der Waals surface area contributed by atoms with E-state index in [0.717, 1.165) is 5.65 Å². The Labute approximate surface area is 114 Å². The lowest BCUT2D eigenvalue weighted by molar-refractivity contribution is 0.637. The predicted molar refractivity (Wildman–Crippen MR) is 81.4 cm³/mol. The Bertz CT molecular complexity index is 615. The SMILES string of the molecule is CC(C)n1c2ccncc2c2cccnc21.CCC. The first-order valence-electron chi connectivity index (χ1n) is 6.89. The van der Waals surface area contributed by atoms with Crippen LogP contribution < -0.4 is 0 Å². The van der Waals surface area contributed by atoms with Gasteiger partial charge < -0.3 is 4.57 Å². The molecule has 3 aromatic rings. The molecule has 0 amide bonds. The van der Waals surface area contributed by atoms with Crippen LogP contribution >= 0.6 is 0 Å². The van der Waals surface area contributed by atoms with Crippen LogP contribution in [0.5, 0.6) is 0 Å². The van der Waals surface area contributed by atoms with Crippen LogP contribution in [0, 0.1) is 0 Å². The van der Waals surface area contributed by atoms with Gasteiger partial charge in [0.15, 0.2) is 0 Å². The second-order valence-electron chi connectivity index (χ2n) is 4.94. The minimum atomic E-state index is 0.400. The Morgan fingerprint density at radius 2 is 1.84 bits per heavy atom. The van der Waals surface area contributed by atoms with Crippen molar-refractivity contribution in [3.63, 3.8) is 0 Å². The zero-order chi connectivity index (χ0) is 13.8. The lowest BCUT2D eigenvalue weighted by Crippen LogP contribution is -2.00. The molecule has 100 valence electrons. The third kappa shape index (κ3) is 2.46. The molecule has 0 unspecified atom stereocenters. The lowest BCUT2D eigenvalue weighted by Gasteiger charge is -2.09. The van der Waals surface area contributed by atoms with Crippen LogP contribution in [0.25, 0.3) is 21.9 Å². The minimum absolute atomic E-state index is 0.400. The first-order chi connectivity index (χ1) is 9.20. The first kappa shape index (κ1) is 13.5. The predicted octanol–water partition coefficient (Wildman–Crippen LogP) is 4.58. The summed E-state index contributed by atoms with van der Waals surface area (Å²) < 4.78 is 2.26. The van der Waals surface area contributed by atoms with E-state index >= 15 is 0 Å². The van der Waals surface area contributed by atoms with E-state index in [1.165, 1.54) is 22.7 Å².